The second-order valence-electron chi connectivity index (χ2n) is 2.48. The summed E-state index contributed by atoms with van der Waals surface area (Å²) in [5.74, 6) is -1.54. The molecule has 0 amide bonds. The standard InChI is InChI=1S/C6H14O3S2/c1-3-4-11-6(9,10)5(2,7)8/h7-10H,3-4H2,1-2H3. The molecule has 1 unspecified atom stereocenters. The zero-order valence-electron chi connectivity index (χ0n) is 6.61. The van der Waals surface area contributed by atoms with Gasteiger partial charge in [0.1, 0.15) is 0 Å². The van der Waals surface area contributed by atoms with Crippen LogP contribution in [0.1, 0.15) is 20.3 Å². The predicted octanol–water partition coefficient (Wildman–Crippen LogP) is 0.406. The van der Waals surface area contributed by atoms with Gasteiger partial charge >= 0.3 is 0 Å². The van der Waals surface area contributed by atoms with E-state index in [0.717, 1.165) is 25.1 Å². The van der Waals surface area contributed by atoms with Crippen LogP contribution >= 0.6 is 24.4 Å². The second kappa shape index (κ2) is 4.00. The van der Waals surface area contributed by atoms with Crippen molar-refractivity contribution >= 4 is 24.4 Å². The first kappa shape index (κ1) is 11.6. The van der Waals surface area contributed by atoms with Gasteiger partial charge in [0.15, 0.2) is 0 Å². The Balaban J connectivity index is 4.00. The van der Waals surface area contributed by atoms with Crippen LogP contribution in [0.15, 0.2) is 0 Å². The van der Waals surface area contributed by atoms with Crippen LogP contribution in [0.3, 0.4) is 0 Å². The maximum Gasteiger partial charge on any atom is 0.209 e. The molecule has 0 saturated carbocycles. The molecule has 0 aromatic carbocycles. The highest BCUT2D eigenvalue weighted by Crippen LogP contribution is 2.35. The van der Waals surface area contributed by atoms with Crippen molar-refractivity contribution in [3.8, 4) is 0 Å². The summed E-state index contributed by atoms with van der Waals surface area (Å²) in [6, 6.07) is 0. The van der Waals surface area contributed by atoms with E-state index in [1.54, 1.807) is 0 Å². The Morgan fingerprint density at radius 1 is 1.36 bits per heavy atom. The molecule has 0 aromatic heterocycles. The Morgan fingerprint density at radius 2 is 1.82 bits per heavy atom. The molecule has 0 radical (unpaired) electrons. The summed E-state index contributed by atoms with van der Waals surface area (Å²) in [6.45, 7) is 3.03. The van der Waals surface area contributed by atoms with E-state index in [9.17, 15) is 5.11 Å². The van der Waals surface area contributed by atoms with E-state index in [2.05, 4.69) is 12.6 Å². The van der Waals surface area contributed by atoms with Crippen LogP contribution in [-0.4, -0.2) is 31.1 Å². The van der Waals surface area contributed by atoms with Gasteiger partial charge in [0.05, 0.1) is 0 Å². The summed E-state index contributed by atoms with van der Waals surface area (Å²) in [5, 5.41) is 27.3. The van der Waals surface area contributed by atoms with Gasteiger partial charge in [-0.3, -0.25) is 0 Å². The molecule has 68 valence electrons. The minimum atomic E-state index is -2.17. The van der Waals surface area contributed by atoms with Crippen molar-refractivity contribution in [2.24, 2.45) is 0 Å². The molecule has 0 heterocycles. The average Bonchev–Trinajstić information content (AvgIpc) is 1.81. The van der Waals surface area contributed by atoms with Crippen LogP contribution in [-0.2, 0) is 0 Å². The normalized spacial score (nSPS) is 18.0. The van der Waals surface area contributed by atoms with E-state index in [4.69, 9.17) is 10.2 Å². The predicted molar refractivity (Wildman–Crippen MR) is 49.5 cm³/mol. The summed E-state index contributed by atoms with van der Waals surface area (Å²) >= 11 is 4.73. The number of thiol groups is 1. The van der Waals surface area contributed by atoms with Crippen LogP contribution < -0.4 is 0 Å². The van der Waals surface area contributed by atoms with E-state index >= 15 is 0 Å². The van der Waals surface area contributed by atoms with Crippen molar-refractivity contribution in [1.29, 1.82) is 0 Å². The van der Waals surface area contributed by atoms with Crippen molar-refractivity contribution in [2.45, 2.75) is 30.3 Å². The quantitative estimate of drug-likeness (QED) is 0.390. The molecule has 11 heavy (non-hydrogen) atoms. The lowest BCUT2D eigenvalue weighted by Gasteiger charge is -2.31. The lowest BCUT2D eigenvalue weighted by molar-refractivity contribution is -0.195. The summed E-state index contributed by atoms with van der Waals surface area (Å²) in [4.78, 5) is 0. The van der Waals surface area contributed by atoms with E-state index < -0.39 is 10.1 Å². The molecule has 0 bridgehead atoms. The highest BCUT2D eigenvalue weighted by Gasteiger charge is 2.41. The maximum atomic E-state index is 9.31. The largest absolute Gasteiger partial charge is 0.366 e. The van der Waals surface area contributed by atoms with Gasteiger partial charge in [-0.05, 0) is 19.1 Å². The summed E-state index contributed by atoms with van der Waals surface area (Å²) in [7, 11) is 0. The third-order valence-electron chi connectivity index (χ3n) is 1.12. The summed E-state index contributed by atoms with van der Waals surface area (Å²) in [5.41, 5.74) is 0. The molecular formula is C6H14O3S2. The van der Waals surface area contributed by atoms with Crippen molar-refractivity contribution in [2.75, 3.05) is 5.75 Å². The first-order valence-electron chi connectivity index (χ1n) is 3.34. The molecule has 3 nitrogen and oxygen atoms in total. The van der Waals surface area contributed by atoms with Gasteiger partial charge in [-0.2, -0.15) is 0 Å². The smallest absolute Gasteiger partial charge is 0.209 e. The number of hydrogen-bond acceptors (Lipinski definition) is 5. The van der Waals surface area contributed by atoms with E-state index in [1.165, 1.54) is 0 Å². The Labute approximate surface area is 76.2 Å². The van der Waals surface area contributed by atoms with E-state index in [0.29, 0.717) is 5.75 Å². The average molecular weight is 198 g/mol. The molecule has 0 aliphatic heterocycles. The van der Waals surface area contributed by atoms with Crippen molar-refractivity contribution in [1.82, 2.24) is 0 Å². The molecule has 1 atom stereocenters. The molecule has 0 saturated heterocycles. The molecule has 5 heteroatoms. The number of aliphatic hydroxyl groups is 3. The van der Waals surface area contributed by atoms with Crippen LogP contribution in [0.25, 0.3) is 0 Å². The Morgan fingerprint density at radius 3 is 2.09 bits per heavy atom. The Bertz CT molecular complexity index is 119. The van der Waals surface area contributed by atoms with Gasteiger partial charge < -0.3 is 15.3 Å². The van der Waals surface area contributed by atoms with Gasteiger partial charge in [-0.15, -0.1) is 24.4 Å². The highest BCUT2D eigenvalue weighted by molar-refractivity contribution is 8.11. The number of thioether (sulfide) groups is 1. The second-order valence-corrected chi connectivity index (χ2v) is 4.72. The third-order valence-corrected chi connectivity index (χ3v) is 3.34. The maximum absolute atomic E-state index is 9.31. The molecule has 0 rings (SSSR count). The lowest BCUT2D eigenvalue weighted by atomic mass is 10.3. The molecule has 0 spiro atoms. The van der Waals surface area contributed by atoms with Gasteiger partial charge in [0, 0.05) is 0 Å². The number of rotatable bonds is 4. The van der Waals surface area contributed by atoms with Crippen LogP contribution in [0, 0.1) is 0 Å². The lowest BCUT2D eigenvalue weighted by Crippen LogP contribution is -2.45. The summed E-state index contributed by atoms with van der Waals surface area (Å²) in [6.07, 6.45) is 0.851. The topological polar surface area (TPSA) is 60.7 Å². The summed E-state index contributed by atoms with van der Waals surface area (Å²) < 4.78 is -1.79. The zero-order chi connectivity index (χ0) is 9.12. The molecule has 3 N–H and O–H groups in total. The van der Waals surface area contributed by atoms with Crippen molar-refractivity contribution in [3.63, 3.8) is 0 Å². The van der Waals surface area contributed by atoms with Crippen molar-refractivity contribution < 1.29 is 15.3 Å². The monoisotopic (exact) mass is 198 g/mol. The fourth-order valence-corrected chi connectivity index (χ4v) is 1.42. The molecule has 0 aromatic rings. The third kappa shape index (κ3) is 3.66. The Hall–Kier alpha value is 0.580. The highest BCUT2D eigenvalue weighted by atomic mass is 32.2. The van der Waals surface area contributed by atoms with Crippen LogP contribution in [0.5, 0.6) is 0 Å². The fraction of sp³-hybridized carbons (Fsp3) is 1.00. The first-order valence-corrected chi connectivity index (χ1v) is 4.78. The molecule has 0 fully saturated rings. The van der Waals surface area contributed by atoms with Crippen molar-refractivity contribution in [3.05, 3.63) is 0 Å². The SMILES string of the molecule is CCCSC(O)(S)C(C)(O)O. The molecular weight excluding hydrogens is 184 g/mol. The minimum absolute atomic E-state index is 0.636. The van der Waals surface area contributed by atoms with E-state index in [-0.39, 0.29) is 0 Å². The zero-order valence-corrected chi connectivity index (χ0v) is 8.32. The molecule has 0 aliphatic carbocycles. The van der Waals surface area contributed by atoms with Gasteiger partial charge in [0.2, 0.25) is 10.1 Å². The Kier molecular flexibility index (Phi) is 4.21. The van der Waals surface area contributed by atoms with Crippen LogP contribution in [0.2, 0.25) is 0 Å². The fourth-order valence-electron chi connectivity index (χ4n) is 0.381. The number of hydrogen-bond donors (Lipinski definition) is 4. The van der Waals surface area contributed by atoms with Gasteiger partial charge in [-0.1, -0.05) is 6.92 Å². The minimum Gasteiger partial charge on any atom is -0.366 e. The van der Waals surface area contributed by atoms with Crippen LogP contribution in [0.4, 0.5) is 0 Å². The van der Waals surface area contributed by atoms with Gasteiger partial charge in [0.25, 0.3) is 0 Å². The first-order chi connectivity index (χ1) is 4.81. The van der Waals surface area contributed by atoms with Gasteiger partial charge in [-0.25, -0.2) is 0 Å². The molecule has 0 aliphatic rings. The van der Waals surface area contributed by atoms with E-state index in [1.807, 2.05) is 6.92 Å².